The predicted molar refractivity (Wildman–Crippen MR) is 119 cm³/mol. The van der Waals surface area contributed by atoms with Crippen molar-refractivity contribution in [2.24, 2.45) is 0 Å². The van der Waals surface area contributed by atoms with Crippen molar-refractivity contribution in [1.82, 2.24) is 9.55 Å². The normalized spacial score (nSPS) is 22.9. The first-order valence-corrected chi connectivity index (χ1v) is 11.8. The van der Waals surface area contributed by atoms with Crippen molar-refractivity contribution in [3.63, 3.8) is 0 Å². The first-order valence-electron chi connectivity index (χ1n) is 10.3. The molecule has 3 unspecified atom stereocenters. The van der Waals surface area contributed by atoms with Crippen LogP contribution in [-0.4, -0.2) is 47.5 Å². The summed E-state index contributed by atoms with van der Waals surface area (Å²) in [6.45, 7) is 3.07. The Bertz CT molecular complexity index is 1200. The Labute approximate surface area is 194 Å². The molecule has 3 rings (SSSR count). The lowest BCUT2D eigenvalue weighted by atomic mass is 10.1. The molecule has 13 nitrogen and oxygen atoms in total. The number of nitrogens with one attached hydrogen (secondary N) is 1. The first kappa shape index (κ1) is 25.9. The summed E-state index contributed by atoms with van der Waals surface area (Å²) in [6.07, 6.45) is -2.05. The molecule has 0 bridgehead atoms. The second-order valence-corrected chi connectivity index (χ2v) is 9.32. The van der Waals surface area contributed by atoms with Crippen LogP contribution in [0.3, 0.4) is 0 Å². The minimum Gasteiger partial charge on any atom is -0.382 e. The van der Waals surface area contributed by atoms with Gasteiger partial charge in [-0.05, 0) is 19.9 Å². The molecule has 2 aromatic rings. The SMILES string of the molecule is COC[C@H]1O[C@@H](n2cc(C)c(=O)[nH]c2=O)CC1OP(=O)(OC)OC(C)c1ccccc1[N+](=O)[O-]. The van der Waals surface area contributed by atoms with Gasteiger partial charge in [0.2, 0.25) is 0 Å². The maximum atomic E-state index is 13.3. The molecule has 1 fully saturated rings. The molecular formula is C20H26N3O10P. The number of benzene rings is 1. The Balaban J connectivity index is 1.82. The van der Waals surface area contributed by atoms with Crippen LogP contribution in [0.4, 0.5) is 5.69 Å². The zero-order valence-corrected chi connectivity index (χ0v) is 19.9. The summed E-state index contributed by atoms with van der Waals surface area (Å²) in [5.41, 5.74) is -0.889. The maximum Gasteiger partial charge on any atom is 0.475 e. The molecule has 0 spiro atoms. The second-order valence-electron chi connectivity index (χ2n) is 7.64. The second kappa shape index (κ2) is 10.7. The summed E-state index contributed by atoms with van der Waals surface area (Å²) in [6, 6.07) is 5.89. The van der Waals surface area contributed by atoms with Crippen LogP contribution in [0.1, 0.15) is 36.8 Å². The van der Waals surface area contributed by atoms with Crippen molar-refractivity contribution in [3.05, 3.63) is 72.5 Å². The summed E-state index contributed by atoms with van der Waals surface area (Å²) in [4.78, 5) is 36.9. The molecule has 1 saturated heterocycles. The fourth-order valence-electron chi connectivity index (χ4n) is 3.62. The van der Waals surface area contributed by atoms with Gasteiger partial charge in [0.15, 0.2) is 0 Å². The van der Waals surface area contributed by atoms with E-state index in [2.05, 4.69) is 4.98 Å². The highest BCUT2D eigenvalue weighted by Crippen LogP contribution is 2.55. The number of aromatic amines is 1. The molecule has 2 heterocycles. The van der Waals surface area contributed by atoms with Crippen LogP contribution in [0.2, 0.25) is 0 Å². The number of nitro groups is 1. The van der Waals surface area contributed by atoms with E-state index < -0.39 is 48.5 Å². The van der Waals surface area contributed by atoms with Gasteiger partial charge in [-0.3, -0.25) is 38.0 Å². The number of para-hydroxylation sites is 1. The number of hydrogen-bond donors (Lipinski definition) is 1. The molecule has 1 aliphatic heterocycles. The van der Waals surface area contributed by atoms with Gasteiger partial charge in [0.05, 0.1) is 23.2 Å². The molecule has 186 valence electrons. The van der Waals surface area contributed by atoms with Crippen LogP contribution in [0.25, 0.3) is 0 Å². The van der Waals surface area contributed by atoms with Crippen molar-refractivity contribution >= 4 is 13.5 Å². The van der Waals surface area contributed by atoms with Gasteiger partial charge in [-0.2, -0.15) is 0 Å². The molecule has 1 aromatic carbocycles. The van der Waals surface area contributed by atoms with E-state index in [1.807, 2.05) is 0 Å². The van der Waals surface area contributed by atoms with Crippen LogP contribution >= 0.6 is 7.82 Å². The summed E-state index contributed by atoms with van der Waals surface area (Å²) in [7, 11) is -1.67. The highest BCUT2D eigenvalue weighted by molar-refractivity contribution is 7.48. The average molecular weight is 499 g/mol. The number of nitrogens with zero attached hydrogens (tertiary/aromatic N) is 2. The predicted octanol–water partition coefficient (Wildman–Crippen LogP) is 2.60. The van der Waals surface area contributed by atoms with Gasteiger partial charge in [0.1, 0.15) is 18.4 Å². The van der Waals surface area contributed by atoms with Gasteiger partial charge in [0.25, 0.3) is 11.2 Å². The summed E-state index contributed by atoms with van der Waals surface area (Å²) in [5.74, 6) is 0. The molecule has 0 saturated carbocycles. The molecule has 0 radical (unpaired) electrons. The third kappa shape index (κ3) is 5.69. The topological polar surface area (TPSA) is 161 Å². The number of ether oxygens (including phenoxy) is 2. The highest BCUT2D eigenvalue weighted by Gasteiger charge is 2.43. The number of nitro benzene ring substituents is 1. The van der Waals surface area contributed by atoms with E-state index in [1.54, 1.807) is 13.0 Å². The van der Waals surface area contributed by atoms with Crippen LogP contribution in [-0.2, 0) is 27.6 Å². The van der Waals surface area contributed by atoms with Gasteiger partial charge in [0, 0.05) is 38.5 Å². The Hall–Kier alpha value is -2.67. The van der Waals surface area contributed by atoms with E-state index >= 15 is 0 Å². The minimum absolute atomic E-state index is 0.0433. The number of phosphoric ester groups is 1. The van der Waals surface area contributed by atoms with Crippen molar-refractivity contribution in [3.8, 4) is 0 Å². The van der Waals surface area contributed by atoms with Crippen molar-refractivity contribution < 1.29 is 32.5 Å². The van der Waals surface area contributed by atoms with Crippen LogP contribution in [0.15, 0.2) is 40.1 Å². The third-order valence-electron chi connectivity index (χ3n) is 5.31. The Morgan fingerprint density at radius 2 is 2.03 bits per heavy atom. The summed E-state index contributed by atoms with van der Waals surface area (Å²) in [5, 5.41) is 11.3. The van der Waals surface area contributed by atoms with E-state index in [0.717, 1.165) is 7.11 Å². The average Bonchev–Trinajstić information content (AvgIpc) is 3.17. The quantitative estimate of drug-likeness (QED) is 0.292. The number of methoxy groups -OCH3 is 1. The number of phosphoric acid groups is 1. The van der Waals surface area contributed by atoms with Crippen LogP contribution in [0, 0.1) is 17.0 Å². The zero-order valence-electron chi connectivity index (χ0n) is 19.0. The number of H-pyrrole nitrogens is 1. The largest absolute Gasteiger partial charge is 0.475 e. The molecule has 1 aliphatic rings. The van der Waals surface area contributed by atoms with Crippen molar-refractivity contribution in [1.29, 1.82) is 0 Å². The smallest absolute Gasteiger partial charge is 0.382 e. The van der Waals surface area contributed by atoms with E-state index in [-0.39, 0.29) is 24.3 Å². The van der Waals surface area contributed by atoms with E-state index in [9.17, 15) is 24.3 Å². The van der Waals surface area contributed by atoms with Gasteiger partial charge in [-0.25, -0.2) is 9.36 Å². The van der Waals surface area contributed by atoms with Crippen LogP contribution < -0.4 is 11.2 Å². The highest BCUT2D eigenvalue weighted by atomic mass is 31.2. The van der Waals surface area contributed by atoms with E-state index in [4.69, 9.17) is 23.0 Å². The lowest BCUT2D eigenvalue weighted by molar-refractivity contribution is -0.386. The van der Waals surface area contributed by atoms with E-state index in [1.165, 1.54) is 43.0 Å². The Morgan fingerprint density at radius 1 is 1.32 bits per heavy atom. The monoisotopic (exact) mass is 499 g/mol. The zero-order chi connectivity index (χ0) is 25.0. The maximum absolute atomic E-state index is 13.3. The summed E-state index contributed by atoms with van der Waals surface area (Å²) >= 11 is 0. The van der Waals surface area contributed by atoms with Gasteiger partial charge < -0.3 is 9.47 Å². The lowest BCUT2D eigenvalue weighted by Gasteiger charge is -2.25. The fourth-order valence-corrected chi connectivity index (χ4v) is 4.90. The molecule has 0 amide bonds. The van der Waals surface area contributed by atoms with E-state index in [0.29, 0.717) is 5.56 Å². The molecule has 34 heavy (non-hydrogen) atoms. The van der Waals surface area contributed by atoms with Gasteiger partial charge in [-0.15, -0.1) is 0 Å². The molecule has 1 aromatic heterocycles. The standard InChI is InChI=1S/C20H26N3O10P/c1-12-10-22(20(25)21-19(12)24)18-9-16(17(31-18)11-29-3)33-34(28,30-4)32-13(2)14-7-5-6-8-15(14)23(26)27/h5-8,10,13,16-18H,9,11H2,1-4H3,(H,21,24,25)/t13?,16?,17-,18-,34?/m1/s1. The lowest BCUT2D eigenvalue weighted by Crippen LogP contribution is -2.33. The van der Waals surface area contributed by atoms with Gasteiger partial charge >= 0.3 is 13.5 Å². The Kier molecular flexibility index (Phi) is 8.18. The van der Waals surface area contributed by atoms with Crippen molar-refractivity contribution in [2.45, 2.75) is 44.8 Å². The van der Waals surface area contributed by atoms with Crippen LogP contribution in [0.5, 0.6) is 0 Å². The number of aromatic nitrogens is 2. The minimum atomic E-state index is -4.23. The fraction of sp³-hybridized carbons (Fsp3) is 0.500. The summed E-state index contributed by atoms with van der Waals surface area (Å²) < 4.78 is 41.8. The number of aryl methyl sites for hydroxylation is 1. The first-order chi connectivity index (χ1) is 16.1. The molecule has 1 N–H and O–H groups in total. The number of rotatable bonds is 10. The van der Waals surface area contributed by atoms with Gasteiger partial charge in [-0.1, -0.05) is 12.1 Å². The number of hydrogen-bond acceptors (Lipinski definition) is 10. The molecule has 14 heteroatoms. The molecular weight excluding hydrogens is 473 g/mol. The third-order valence-corrected chi connectivity index (χ3v) is 6.86. The Morgan fingerprint density at radius 3 is 2.68 bits per heavy atom. The van der Waals surface area contributed by atoms with Crippen molar-refractivity contribution in [2.75, 3.05) is 20.8 Å². The molecule has 5 atom stereocenters. The molecule has 0 aliphatic carbocycles.